The monoisotopic (exact) mass is 370 g/mol. The highest BCUT2D eigenvalue weighted by Gasteiger charge is 2.35. The average Bonchev–Trinajstić information content (AvgIpc) is 3.40. The SMILES string of the molecule is O=C(NC[C@](O)(c1ccsc1)c1ccco1)c1nc2ccccc2s1. The molecule has 25 heavy (non-hydrogen) atoms. The van der Waals surface area contributed by atoms with Gasteiger partial charge in [0.25, 0.3) is 5.91 Å². The summed E-state index contributed by atoms with van der Waals surface area (Å²) in [7, 11) is 0. The van der Waals surface area contributed by atoms with Crippen molar-refractivity contribution in [3.8, 4) is 0 Å². The topological polar surface area (TPSA) is 75.4 Å². The summed E-state index contributed by atoms with van der Waals surface area (Å²) in [6, 6.07) is 12.8. The zero-order valence-electron chi connectivity index (χ0n) is 13.0. The lowest BCUT2D eigenvalue weighted by atomic mass is 9.93. The van der Waals surface area contributed by atoms with Crippen LogP contribution < -0.4 is 5.32 Å². The van der Waals surface area contributed by atoms with Crippen molar-refractivity contribution in [3.63, 3.8) is 0 Å². The summed E-state index contributed by atoms with van der Waals surface area (Å²) in [6.07, 6.45) is 1.50. The Morgan fingerprint density at radius 1 is 1.24 bits per heavy atom. The molecule has 7 heteroatoms. The summed E-state index contributed by atoms with van der Waals surface area (Å²) in [5, 5.41) is 18.0. The van der Waals surface area contributed by atoms with E-state index in [2.05, 4.69) is 10.3 Å². The summed E-state index contributed by atoms with van der Waals surface area (Å²) in [5.41, 5.74) is 0.0457. The molecule has 0 bridgehead atoms. The second-order valence-corrected chi connectivity index (χ2v) is 7.33. The number of aromatic nitrogens is 1. The Balaban J connectivity index is 1.58. The number of amides is 1. The molecule has 0 unspecified atom stereocenters. The number of carbonyl (C=O) groups is 1. The molecule has 0 saturated carbocycles. The van der Waals surface area contributed by atoms with E-state index in [1.807, 2.05) is 41.1 Å². The fraction of sp³-hybridized carbons (Fsp3) is 0.111. The van der Waals surface area contributed by atoms with Crippen LogP contribution in [0.5, 0.6) is 0 Å². The molecule has 126 valence electrons. The number of fused-ring (bicyclic) bond motifs is 1. The highest BCUT2D eigenvalue weighted by Crippen LogP contribution is 2.31. The molecule has 0 saturated heterocycles. The highest BCUT2D eigenvalue weighted by molar-refractivity contribution is 7.20. The first-order chi connectivity index (χ1) is 12.2. The van der Waals surface area contributed by atoms with E-state index < -0.39 is 5.60 Å². The quantitative estimate of drug-likeness (QED) is 0.563. The molecule has 0 spiro atoms. The first-order valence-corrected chi connectivity index (χ1v) is 9.35. The van der Waals surface area contributed by atoms with Gasteiger partial charge in [0.2, 0.25) is 0 Å². The lowest BCUT2D eigenvalue weighted by Crippen LogP contribution is -2.41. The number of rotatable bonds is 5. The van der Waals surface area contributed by atoms with Crippen molar-refractivity contribution in [2.75, 3.05) is 6.54 Å². The van der Waals surface area contributed by atoms with Gasteiger partial charge in [-0.15, -0.1) is 11.3 Å². The molecule has 4 aromatic rings. The van der Waals surface area contributed by atoms with Gasteiger partial charge in [0, 0.05) is 5.56 Å². The van der Waals surface area contributed by atoms with Gasteiger partial charge in [-0.3, -0.25) is 4.79 Å². The third kappa shape index (κ3) is 2.97. The van der Waals surface area contributed by atoms with Gasteiger partial charge in [-0.25, -0.2) is 4.98 Å². The molecule has 0 aliphatic heterocycles. The van der Waals surface area contributed by atoms with Crippen molar-refractivity contribution in [2.24, 2.45) is 0 Å². The first-order valence-electron chi connectivity index (χ1n) is 7.59. The van der Waals surface area contributed by atoms with Crippen molar-refractivity contribution in [2.45, 2.75) is 5.60 Å². The summed E-state index contributed by atoms with van der Waals surface area (Å²) >= 11 is 2.80. The van der Waals surface area contributed by atoms with Gasteiger partial charge < -0.3 is 14.8 Å². The normalized spacial score (nSPS) is 13.6. The minimum absolute atomic E-state index is 0.00793. The molecule has 0 aliphatic rings. The van der Waals surface area contributed by atoms with Gasteiger partial charge in [0.05, 0.1) is 23.0 Å². The largest absolute Gasteiger partial charge is 0.466 e. The minimum atomic E-state index is -1.42. The third-order valence-corrected chi connectivity index (χ3v) is 5.64. The van der Waals surface area contributed by atoms with Crippen molar-refractivity contribution >= 4 is 38.8 Å². The number of aliphatic hydroxyl groups is 1. The molecule has 5 nitrogen and oxygen atoms in total. The maximum absolute atomic E-state index is 12.5. The number of nitrogens with one attached hydrogen (secondary N) is 1. The summed E-state index contributed by atoms with van der Waals surface area (Å²) in [6.45, 7) is -0.00793. The van der Waals surface area contributed by atoms with E-state index in [-0.39, 0.29) is 12.5 Å². The van der Waals surface area contributed by atoms with Crippen LogP contribution in [0.1, 0.15) is 21.1 Å². The second kappa shape index (κ2) is 6.44. The van der Waals surface area contributed by atoms with Crippen LogP contribution in [-0.4, -0.2) is 22.5 Å². The van der Waals surface area contributed by atoms with E-state index >= 15 is 0 Å². The van der Waals surface area contributed by atoms with Crippen LogP contribution in [0.25, 0.3) is 10.2 Å². The smallest absolute Gasteiger partial charge is 0.280 e. The van der Waals surface area contributed by atoms with Gasteiger partial charge >= 0.3 is 0 Å². The Kier molecular flexibility index (Phi) is 4.12. The van der Waals surface area contributed by atoms with Crippen molar-refractivity contribution in [1.82, 2.24) is 10.3 Å². The third-order valence-electron chi connectivity index (χ3n) is 3.92. The number of thiazole rings is 1. The molecule has 3 aromatic heterocycles. The van der Waals surface area contributed by atoms with Crippen molar-refractivity contribution in [1.29, 1.82) is 0 Å². The number of furan rings is 1. The summed E-state index contributed by atoms with van der Waals surface area (Å²) < 4.78 is 6.35. The predicted molar refractivity (Wildman–Crippen MR) is 98.0 cm³/mol. The van der Waals surface area contributed by atoms with Crippen LogP contribution in [0.4, 0.5) is 0 Å². The van der Waals surface area contributed by atoms with Gasteiger partial charge in [0.1, 0.15) is 5.76 Å². The van der Waals surface area contributed by atoms with Gasteiger partial charge in [-0.1, -0.05) is 12.1 Å². The molecule has 0 aliphatic carbocycles. The number of thiophene rings is 1. The Labute approximate surface area is 151 Å². The fourth-order valence-corrected chi connectivity index (χ4v) is 4.20. The predicted octanol–water partition coefficient (Wildman–Crippen LogP) is 3.62. The Morgan fingerprint density at radius 2 is 2.12 bits per heavy atom. The lowest BCUT2D eigenvalue weighted by Gasteiger charge is -2.25. The molecule has 1 amide bonds. The van der Waals surface area contributed by atoms with Crippen LogP contribution in [0.15, 0.2) is 63.9 Å². The van der Waals surface area contributed by atoms with Crippen LogP contribution in [0, 0.1) is 0 Å². The summed E-state index contributed by atoms with van der Waals surface area (Å²) in [5.74, 6) is 0.0666. The van der Waals surface area contributed by atoms with Crippen LogP contribution >= 0.6 is 22.7 Å². The number of hydrogen-bond acceptors (Lipinski definition) is 6. The molecule has 1 atom stereocenters. The Hall–Kier alpha value is -2.48. The zero-order chi connectivity index (χ0) is 17.3. The number of carbonyl (C=O) groups excluding carboxylic acids is 1. The highest BCUT2D eigenvalue weighted by atomic mass is 32.1. The fourth-order valence-electron chi connectivity index (χ4n) is 2.60. The second-order valence-electron chi connectivity index (χ2n) is 5.52. The van der Waals surface area contributed by atoms with E-state index in [0.717, 1.165) is 10.2 Å². The standard InChI is InChI=1S/C18H14N2O3S2/c21-16(17-20-13-4-1-2-5-14(13)25-17)19-11-18(22,12-7-9-24-10-12)15-6-3-8-23-15/h1-10,22H,11H2,(H,19,21)/t18-/m0/s1. The van der Waals surface area contributed by atoms with Gasteiger partial charge in [0.15, 0.2) is 10.6 Å². The van der Waals surface area contributed by atoms with E-state index in [1.54, 1.807) is 12.1 Å². The maximum Gasteiger partial charge on any atom is 0.280 e. The van der Waals surface area contributed by atoms with Gasteiger partial charge in [-0.05, 0) is 41.1 Å². The number of benzene rings is 1. The molecule has 4 rings (SSSR count). The molecular weight excluding hydrogens is 356 g/mol. The number of nitrogens with zero attached hydrogens (tertiary/aromatic N) is 1. The molecule has 2 N–H and O–H groups in total. The number of hydrogen-bond donors (Lipinski definition) is 2. The van der Waals surface area contributed by atoms with E-state index in [0.29, 0.717) is 16.3 Å². The zero-order valence-corrected chi connectivity index (χ0v) is 14.6. The van der Waals surface area contributed by atoms with Crippen LogP contribution in [0.2, 0.25) is 0 Å². The van der Waals surface area contributed by atoms with E-state index in [4.69, 9.17) is 4.42 Å². The average molecular weight is 370 g/mol. The Bertz CT molecular complexity index is 923. The van der Waals surface area contributed by atoms with Crippen LogP contribution in [-0.2, 0) is 5.60 Å². The maximum atomic E-state index is 12.5. The van der Waals surface area contributed by atoms with E-state index in [1.165, 1.54) is 28.9 Å². The molecule has 3 heterocycles. The molecular formula is C18H14N2O3S2. The van der Waals surface area contributed by atoms with Crippen molar-refractivity contribution < 1.29 is 14.3 Å². The molecule has 0 radical (unpaired) electrons. The Morgan fingerprint density at radius 3 is 2.84 bits per heavy atom. The summed E-state index contributed by atoms with van der Waals surface area (Å²) in [4.78, 5) is 16.8. The minimum Gasteiger partial charge on any atom is -0.466 e. The van der Waals surface area contributed by atoms with Crippen LogP contribution in [0.3, 0.4) is 0 Å². The molecule has 0 fully saturated rings. The van der Waals surface area contributed by atoms with Gasteiger partial charge in [-0.2, -0.15) is 11.3 Å². The van der Waals surface area contributed by atoms with Crippen molar-refractivity contribution in [3.05, 3.63) is 75.8 Å². The lowest BCUT2D eigenvalue weighted by molar-refractivity contribution is 0.0528. The molecule has 1 aromatic carbocycles. The number of para-hydroxylation sites is 1. The van der Waals surface area contributed by atoms with E-state index in [9.17, 15) is 9.90 Å². The first kappa shape index (κ1) is 16.0.